The number of unbranched alkanes of at least 4 members (excludes halogenated alkanes) is 42. The van der Waals surface area contributed by atoms with Crippen molar-refractivity contribution in [2.75, 3.05) is 39.6 Å². The van der Waals surface area contributed by atoms with Gasteiger partial charge in [-0.3, -0.25) is 37.3 Å². The number of aliphatic hydroxyl groups is 1. The highest BCUT2D eigenvalue weighted by Crippen LogP contribution is 2.45. The third-order valence-electron chi connectivity index (χ3n) is 18.2. The Kier molecular flexibility index (Phi) is 75.0. The summed E-state index contributed by atoms with van der Waals surface area (Å²) in [7, 11) is -9.97. The summed E-state index contributed by atoms with van der Waals surface area (Å²) in [5.74, 6) is -2.22. The van der Waals surface area contributed by atoms with E-state index >= 15 is 0 Å². The van der Waals surface area contributed by atoms with Gasteiger partial charge in [-0.05, 0) is 96.3 Å². The standard InChI is InChI=1S/C85H154O17P2/c1-5-9-13-17-21-25-29-33-37-39-43-46-50-54-58-62-66-70-83(88)96-76-80(101-84(89)71-67-63-59-55-51-47-42-36-32-28-24-20-16-12-8-4)77-99-103(91,92)97-73-79(86)74-98-104(93,94)100-78-81(75-95-82(87)69-65-61-57-53-49-45-41-35-31-27-23-19-15-11-7-3)102-85(90)72-68-64-60-56-52-48-44-40-38-34-30-26-22-18-14-10-6-2/h22,24,26,28,34,36,38,42,44,48,56,60,79-81,86H,5-21,23,25,27,29-33,35,37,39-41,43,45-47,49-55,57-59,61-78H2,1-4H3,(H,91,92)(H,93,94)/b26-22-,28-24-,38-34-,42-36-,48-44-,60-56-/t79-,80-,81-/m1/s1. The van der Waals surface area contributed by atoms with Gasteiger partial charge in [-0.15, -0.1) is 0 Å². The van der Waals surface area contributed by atoms with Gasteiger partial charge in [0, 0.05) is 25.7 Å². The number of carbonyl (C=O) groups is 4. The molecule has 606 valence electrons. The molecule has 0 aliphatic heterocycles. The van der Waals surface area contributed by atoms with Crippen LogP contribution in [0.3, 0.4) is 0 Å². The number of phosphoric acid groups is 2. The molecule has 0 aliphatic carbocycles. The maximum absolute atomic E-state index is 13.1. The van der Waals surface area contributed by atoms with Crippen molar-refractivity contribution in [2.45, 2.75) is 406 Å². The molecular formula is C85H154O17P2. The number of hydrogen-bond donors (Lipinski definition) is 3. The Hall–Kier alpha value is -3.50. The summed E-state index contributed by atoms with van der Waals surface area (Å²) in [6.07, 6.45) is 80.2. The lowest BCUT2D eigenvalue weighted by atomic mass is 10.0. The zero-order chi connectivity index (χ0) is 76.0. The summed E-state index contributed by atoms with van der Waals surface area (Å²) in [4.78, 5) is 73.1. The smallest absolute Gasteiger partial charge is 0.462 e. The van der Waals surface area contributed by atoms with Crippen molar-refractivity contribution in [3.63, 3.8) is 0 Å². The number of aliphatic hydroxyl groups excluding tert-OH is 1. The molecule has 5 atom stereocenters. The van der Waals surface area contributed by atoms with Crippen LogP contribution in [0, 0.1) is 0 Å². The van der Waals surface area contributed by atoms with Gasteiger partial charge in [0.1, 0.15) is 19.3 Å². The lowest BCUT2D eigenvalue weighted by Gasteiger charge is -2.21. The lowest BCUT2D eigenvalue weighted by Crippen LogP contribution is -2.30. The molecule has 0 amide bonds. The average molecular weight is 1510 g/mol. The molecule has 0 spiro atoms. The van der Waals surface area contributed by atoms with Crippen molar-refractivity contribution < 1.29 is 80.2 Å². The van der Waals surface area contributed by atoms with Crippen LogP contribution in [-0.4, -0.2) is 96.7 Å². The molecule has 0 saturated heterocycles. The van der Waals surface area contributed by atoms with Crippen molar-refractivity contribution in [3.8, 4) is 0 Å². The van der Waals surface area contributed by atoms with Gasteiger partial charge in [0.25, 0.3) is 0 Å². The van der Waals surface area contributed by atoms with E-state index in [4.69, 9.17) is 37.0 Å². The fourth-order valence-electron chi connectivity index (χ4n) is 11.7. The molecule has 0 aromatic rings. The maximum Gasteiger partial charge on any atom is 0.472 e. The van der Waals surface area contributed by atoms with Crippen LogP contribution < -0.4 is 0 Å². The molecule has 2 unspecified atom stereocenters. The molecule has 3 N–H and O–H groups in total. The number of hydrogen-bond acceptors (Lipinski definition) is 15. The Morgan fingerprint density at radius 1 is 0.269 bits per heavy atom. The van der Waals surface area contributed by atoms with Crippen LogP contribution in [0.5, 0.6) is 0 Å². The minimum Gasteiger partial charge on any atom is -0.462 e. The van der Waals surface area contributed by atoms with Crippen molar-refractivity contribution in [1.82, 2.24) is 0 Å². The van der Waals surface area contributed by atoms with E-state index in [1.54, 1.807) is 0 Å². The molecule has 17 nitrogen and oxygen atoms in total. The second-order valence-corrected chi connectivity index (χ2v) is 31.3. The molecule has 19 heteroatoms. The van der Waals surface area contributed by atoms with Gasteiger partial charge in [0.2, 0.25) is 0 Å². The first-order valence-corrected chi connectivity index (χ1v) is 45.2. The maximum atomic E-state index is 13.1. The number of phosphoric ester groups is 2. The van der Waals surface area contributed by atoms with Crippen LogP contribution in [0.15, 0.2) is 72.9 Å². The van der Waals surface area contributed by atoms with Crippen molar-refractivity contribution >= 4 is 39.5 Å². The fourth-order valence-corrected chi connectivity index (χ4v) is 13.3. The van der Waals surface area contributed by atoms with Gasteiger partial charge in [-0.2, -0.15) is 0 Å². The van der Waals surface area contributed by atoms with Gasteiger partial charge in [-0.25, -0.2) is 9.13 Å². The Balaban J connectivity index is 5.38. The number of ether oxygens (including phenoxy) is 4. The van der Waals surface area contributed by atoms with Gasteiger partial charge >= 0.3 is 39.5 Å². The van der Waals surface area contributed by atoms with E-state index in [1.807, 2.05) is 12.2 Å². The van der Waals surface area contributed by atoms with Gasteiger partial charge in [-0.1, -0.05) is 338 Å². The molecule has 0 aromatic carbocycles. The van der Waals surface area contributed by atoms with Crippen LogP contribution >= 0.6 is 15.6 Å². The predicted octanol–water partition coefficient (Wildman–Crippen LogP) is 24.8. The molecule has 0 bridgehead atoms. The van der Waals surface area contributed by atoms with E-state index in [1.165, 1.54) is 193 Å². The van der Waals surface area contributed by atoms with E-state index in [-0.39, 0.29) is 25.7 Å². The highest BCUT2D eigenvalue weighted by Gasteiger charge is 2.30. The second-order valence-electron chi connectivity index (χ2n) is 28.4. The number of allylic oxidation sites excluding steroid dienone is 12. The summed E-state index contributed by atoms with van der Waals surface area (Å²) in [5.41, 5.74) is 0. The fraction of sp³-hybridized carbons (Fsp3) is 0.812. The Morgan fingerprint density at radius 3 is 0.779 bits per heavy atom. The Bertz CT molecular complexity index is 2250. The summed E-state index contributed by atoms with van der Waals surface area (Å²) in [5, 5.41) is 10.7. The third kappa shape index (κ3) is 76.7. The minimum absolute atomic E-state index is 0.0232. The zero-order valence-corrected chi connectivity index (χ0v) is 68.2. The highest BCUT2D eigenvalue weighted by atomic mass is 31.2. The largest absolute Gasteiger partial charge is 0.472 e. The van der Waals surface area contributed by atoms with E-state index in [9.17, 15) is 43.2 Å². The first kappa shape index (κ1) is 100. The number of esters is 4. The van der Waals surface area contributed by atoms with Crippen LogP contribution in [0.1, 0.15) is 387 Å². The first-order chi connectivity index (χ1) is 50.7. The van der Waals surface area contributed by atoms with E-state index in [2.05, 4.69) is 88.5 Å². The molecule has 0 heterocycles. The normalized spacial score (nSPS) is 14.2. The summed E-state index contributed by atoms with van der Waals surface area (Å²) in [6, 6.07) is 0. The SMILES string of the molecule is CCCCC/C=C\C/C=C\C/C=C\C/C=C\CCCC(=O)O[C@H](COC(=O)CCCCCCCCCCCCCCCCC)COP(=O)(O)OC[C@H](O)COP(=O)(O)OC[C@@H](COC(=O)CCCCCCCCCCCCCCCCCCC)OC(=O)CCCCCCC/C=C\C/C=C\CCCCC. The van der Waals surface area contributed by atoms with Gasteiger partial charge in [0.15, 0.2) is 12.2 Å². The third-order valence-corrected chi connectivity index (χ3v) is 20.1. The molecule has 0 fully saturated rings. The van der Waals surface area contributed by atoms with Crippen LogP contribution in [0.4, 0.5) is 0 Å². The molecule has 0 aromatic heterocycles. The average Bonchev–Trinajstić information content (AvgIpc) is 1.07. The summed E-state index contributed by atoms with van der Waals surface area (Å²) < 4.78 is 68.7. The quantitative estimate of drug-likeness (QED) is 0.0169. The van der Waals surface area contributed by atoms with Crippen molar-refractivity contribution in [1.29, 1.82) is 0 Å². The Morgan fingerprint density at radius 2 is 0.481 bits per heavy atom. The van der Waals surface area contributed by atoms with Gasteiger partial charge in [0.05, 0.1) is 26.4 Å². The molecule has 0 radical (unpaired) electrons. The monoisotopic (exact) mass is 1510 g/mol. The van der Waals surface area contributed by atoms with E-state index in [0.717, 1.165) is 109 Å². The lowest BCUT2D eigenvalue weighted by molar-refractivity contribution is -0.161. The van der Waals surface area contributed by atoms with Crippen LogP contribution in [0.2, 0.25) is 0 Å². The van der Waals surface area contributed by atoms with Crippen molar-refractivity contribution in [3.05, 3.63) is 72.9 Å². The molecule has 104 heavy (non-hydrogen) atoms. The topological polar surface area (TPSA) is 237 Å². The molecule has 0 rings (SSSR count). The van der Waals surface area contributed by atoms with E-state index in [0.29, 0.717) is 32.1 Å². The zero-order valence-electron chi connectivity index (χ0n) is 66.5. The molecule has 0 saturated carbocycles. The van der Waals surface area contributed by atoms with Crippen molar-refractivity contribution in [2.24, 2.45) is 0 Å². The first-order valence-electron chi connectivity index (χ1n) is 42.2. The van der Waals surface area contributed by atoms with Crippen LogP contribution in [0.25, 0.3) is 0 Å². The summed E-state index contributed by atoms with van der Waals surface area (Å²) >= 11 is 0. The van der Waals surface area contributed by atoms with Gasteiger partial charge < -0.3 is 33.8 Å². The Labute approximate surface area is 634 Å². The molecular weight excluding hydrogens is 1350 g/mol. The highest BCUT2D eigenvalue weighted by molar-refractivity contribution is 7.47. The van der Waals surface area contributed by atoms with E-state index < -0.39 is 97.5 Å². The van der Waals surface area contributed by atoms with Crippen LogP contribution in [-0.2, 0) is 65.4 Å². The number of rotatable bonds is 80. The number of carbonyl (C=O) groups excluding carboxylic acids is 4. The minimum atomic E-state index is -4.99. The second kappa shape index (κ2) is 77.7. The predicted molar refractivity (Wildman–Crippen MR) is 427 cm³/mol. The summed E-state index contributed by atoms with van der Waals surface area (Å²) in [6.45, 7) is 4.84. The molecule has 0 aliphatic rings.